The molecule has 3 aromatic rings. The van der Waals surface area contributed by atoms with Gasteiger partial charge >= 0.3 is 0 Å². The first-order valence-corrected chi connectivity index (χ1v) is 9.78. The van der Waals surface area contributed by atoms with Crippen LogP contribution in [0.4, 0.5) is 0 Å². The quantitative estimate of drug-likeness (QED) is 0.756. The summed E-state index contributed by atoms with van der Waals surface area (Å²) in [6.07, 6.45) is 7.40. The number of aromatic amines is 1. The molecule has 2 aromatic heterocycles. The van der Waals surface area contributed by atoms with Gasteiger partial charge in [0.1, 0.15) is 17.5 Å². The molecular weight excluding hydrogens is 352 g/mol. The maximum Gasteiger partial charge on any atom is 0.272 e. The lowest BCUT2D eigenvalue weighted by atomic mass is 9.99. The highest BCUT2D eigenvalue weighted by Gasteiger charge is 2.44. The van der Waals surface area contributed by atoms with Crippen LogP contribution in [0.25, 0.3) is 11.3 Å². The highest BCUT2D eigenvalue weighted by atomic mass is 16.5. The molecule has 0 radical (unpaired) electrons. The van der Waals surface area contributed by atoms with Crippen LogP contribution in [-0.2, 0) is 0 Å². The Morgan fingerprint density at radius 3 is 2.57 bits per heavy atom. The minimum absolute atomic E-state index is 0.0435. The molecule has 2 bridgehead atoms. The zero-order chi connectivity index (χ0) is 18.9. The summed E-state index contributed by atoms with van der Waals surface area (Å²) in [7, 11) is 0. The molecule has 4 heterocycles. The zero-order valence-electron chi connectivity index (χ0n) is 15.5. The van der Waals surface area contributed by atoms with Gasteiger partial charge in [-0.05, 0) is 31.0 Å². The Morgan fingerprint density at radius 2 is 1.86 bits per heavy atom. The smallest absolute Gasteiger partial charge is 0.272 e. The van der Waals surface area contributed by atoms with E-state index in [0.29, 0.717) is 5.69 Å². The number of pyridine rings is 1. The topological polar surface area (TPSA) is 71.1 Å². The predicted octanol–water partition coefficient (Wildman–Crippen LogP) is 3.69. The third-order valence-corrected chi connectivity index (χ3v) is 5.74. The van der Waals surface area contributed by atoms with Crippen LogP contribution >= 0.6 is 0 Å². The number of rotatable bonds is 4. The van der Waals surface area contributed by atoms with Crippen molar-refractivity contribution in [2.24, 2.45) is 0 Å². The summed E-state index contributed by atoms with van der Waals surface area (Å²) in [6.45, 7) is 0. The second kappa shape index (κ2) is 7.11. The molecule has 1 amide bonds. The summed E-state index contributed by atoms with van der Waals surface area (Å²) >= 11 is 0. The van der Waals surface area contributed by atoms with Crippen LogP contribution in [-0.4, -0.2) is 44.2 Å². The molecule has 2 aliphatic rings. The largest absolute Gasteiger partial charge is 0.489 e. The average Bonchev–Trinajstić information content (AvgIpc) is 3.32. The Balaban J connectivity index is 1.30. The van der Waals surface area contributed by atoms with Gasteiger partial charge in [0.2, 0.25) is 0 Å². The highest BCUT2D eigenvalue weighted by molar-refractivity contribution is 5.94. The Labute approximate surface area is 163 Å². The zero-order valence-corrected chi connectivity index (χ0v) is 15.5. The van der Waals surface area contributed by atoms with Crippen LogP contribution in [0.3, 0.4) is 0 Å². The minimum atomic E-state index is 0.0435. The van der Waals surface area contributed by atoms with Gasteiger partial charge in [-0.1, -0.05) is 30.3 Å². The summed E-state index contributed by atoms with van der Waals surface area (Å²) in [5, 5.41) is 7.28. The lowest BCUT2D eigenvalue weighted by Gasteiger charge is -2.38. The van der Waals surface area contributed by atoms with Crippen molar-refractivity contribution in [2.75, 3.05) is 0 Å². The maximum atomic E-state index is 13.2. The number of benzene rings is 1. The number of nitrogens with one attached hydrogen (secondary N) is 1. The summed E-state index contributed by atoms with van der Waals surface area (Å²) < 4.78 is 6.11. The molecule has 6 nitrogen and oxygen atoms in total. The van der Waals surface area contributed by atoms with Crippen LogP contribution in [0.2, 0.25) is 0 Å². The molecule has 5 rings (SSSR count). The monoisotopic (exact) mass is 374 g/mol. The van der Waals surface area contributed by atoms with Gasteiger partial charge in [-0.3, -0.25) is 14.9 Å². The normalized spacial score (nSPS) is 23.6. The van der Waals surface area contributed by atoms with E-state index in [9.17, 15) is 4.79 Å². The van der Waals surface area contributed by atoms with Crippen LogP contribution in [0.1, 0.15) is 36.2 Å². The number of nitrogens with zero attached hydrogens (tertiary/aromatic N) is 3. The Hall–Kier alpha value is -3.15. The number of fused-ring (bicyclic) bond motifs is 2. The standard InChI is InChI=1S/C22H22N4O2/c27-22(21-13-20(24-25-21)15-5-2-1-3-6-15)26-16-8-9-17(26)12-19(11-16)28-18-7-4-10-23-14-18/h1-7,10,13-14,16-17,19H,8-9,11-12H2,(H,24,25). The number of aromatic nitrogens is 3. The van der Waals surface area contributed by atoms with E-state index in [0.717, 1.165) is 42.7 Å². The van der Waals surface area contributed by atoms with E-state index in [4.69, 9.17) is 4.74 Å². The van der Waals surface area contributed by atoms with Crippen molar-refractivity contribution in [1.29, 1.82) is 0 Å². The fourth-order valence-electron chi connectivity index (χ4n) is 4.49. The average molecular weight is 374 g/mol. The first-order chi connectivity index (χ1) is 13.8. The second-order valence-corrected chi connectivity index (χ2v) is 7.53. The van der Waals surface area contributed by atoms with Gasteiger partial charge in [0.15, 0.2) is 0 Å². The molecule has 0 spiro atoms. The lowest BCUT2D eigenvalue weighted by molar-refractivity contribution is 0.0353. The van der Waals surface area contributed by atoms with Crippen molar-refractivity contribution in [3.05, 3.63) is 66.6 Å². The first kappa shape index (κ1) is 17.0. The number of carbonyl (C=O) groups is 1. The van der Waals surface area contributed by atoms with Crippen LogP contribution < -0.4 is 4.74 Å². The van der Waals surface area contributed by atoms with Gasteiger partial charge < -0.3 is 9.64 Å². The SMILES string of the molecule is O=C(c1cc(-c2ccccc2)n[nH]1)N1C2CCC1CC(Oc1cccnc1)C2. The molecular formula is C22H22N4O2. The van der Waals surface area contributed by atoms with E-state index in [1.54, 1.807) is 12.4 Å². The van der Waals surface area contributed by atoms with E-state index >= 15 is 0 Å². The van der Waals surface area contributed by atoms with Gasteiger partial charge in [-0.25, -0.2) is 0 Å². The molecule has 2 aliphatic heterocycles. The van der Waals surface area contributed by atoms with Gasteiger partial charge in [0, 0.05) is 36.7 Å². The molecule has 142 valence electrons. The number of amides is 1. The predicted molar refractivity (Wildman–Crippen MR) is 105 cm³/mol. The third-order valence-electron chi connectivity index (χ3n) is 5.74. The molecule has 0 aliphatic carbocycles. The summed E-state index contributed by atoms with van der Waals surface area (Å²) in [4.78, 5) is 19.3. The summed E-state index contributed by atoms with van der Waals surface area (Å²) in [5.74, 6) is 0.842. The van der Waals surface area contributed by atoms with E-state index in [2.05, 4.69) is 15.2 Å². The summed E-state index contributed by atoms with van der Waals surface area (Å²) in [5.41, 5.74) is 2.36. The molecule has 1 N–H and O–H groups in total. The van der Waals surface area contributed by atoms with Crippen molar-refractivity contribution >= 4 is 5.91 Å². The van der Waals surface area contributed by atoms with Gasteiger partial charge in [-0.15, -0.1) is 0 Å². The summed E-state index contributed by atoms with van der Waals surface area (Å²) in [6, 6.07) is 16.0. The minimum Gasteiger partial charge on any atom is -0.489 e. The van der Waals surface area contributed by atoms with Crippen LogP contribution in [0.15, 0.2) is 60.9 Å². The molecule has 28 heavy (non-hydrogen) atoms. The van der Waals surface area contributed by atoms with Gasteiger partial charge in [0.05, 0.1) is 11.9 Å². The first-order valence-electron chi connectivity index (χ1n) is 9.78. The van der Waals surface area contributed by atoms with Gasteiger partial charge in [0.25, 0.3) is 5.91 Å². The van der Waals surface area contributed by atoms with E-state index in [-0.39, 0.29) is 24.1 Å². The molecule has 0 saturated carbocycles. The molecule has 2 unspecified atom stereocenters. The molecule has 2 fully saturated rings. The van der Waals surface area contributed by atoms with Crippen molar-refractivity contribution in [3.8, 4) is 17.0 Å². The molecule has 2 saturated heterocycles. The molecule has 1 aromatic carbocycles. The van der Waals surface area contributed by atoms with Crippen molar-refractivity contribution in [1.82, 2.24) is 20.1 Å². The Bertz CT molecular complexity index is 943. The van der Waals surface area contributed by atoms with E-state index in [1.807, 2.05) is 53.4 Å². The Kier molecular flexibility index (Phi) is 4.31. The number of piperidine rings is 1. The number of carbonyl (C=O) groups excluding carboxylic acids is 1. The fourth-order valence-corrected chi connectivity index (χ4v) is 4.49. The third kappa shape index (κ3) is 3.15. The van der Waals surface area contributed by atoms with Crippen molar-refractivity contribution < 1.29 is 9.53 Å². The maximum absolute atomic E-state index is 13.2. The highest BCUT2D eigenvalue weighted by Crippen LogP contribution is 2.38. The fraction of sp³-hybridized carbons (Fsp3) is 0.318. The van der Waals surface area contributed by atoms with Crippen molar-refractivity contribution in [3.63, 3.8) is 0 Å². The van der Waals surface area contributed by atoms with Crippen molar-refractivity contribution in [2.45, 2.75) is 43.9 Å². The van der Waals surface area contributed by atoms with Gasteiger partial charge in [-0.2, -0.15) is 5.10 Å². The number of H-pyrrole nitrogens is 1. The van der Waals surface area contributed by atoms with E-state index in [1.165, 1.54) is 0 Å². The number of ether oxygens (including phenoxy) is 1. The lowest BCUT2D eigenvalue weighted by Crippen LogP contribution is -2.49. The Morgan fingerprint density at radius 1 is 1.07 bits per heavy atom. The number of hydrogen-bond acceptors (Lipinski definition) is 4. The number of hydrogen-bond donors (Lipinski definition) is 1. The van der Waals surface area contributed by atoms with Crippen LogP contribution in [0, 0.1) is 0 Å². The van der Waals surface area contributed by atoms with Crippen LogP contribution in [0.5, 0.6) is 5.75 Å². The van der Waals surface area contributed by atoms with E-state index < -0.39 is 0 Å². The second-order valence-electron chi connectivity index (χ2n) is 7.53. The molecule has 2 atom stereocenters. The molecule has 6 heteroatoms.